The minimum absolute atomic E-state index is 0.0352. The Morgan fingerprint density at radius 1 is 1.19 bits per heavy atom. The SMILES string of the molecule is C[N+]1=C(NC(C)(C)c2cccc(Cl)c2)C2(CCNCC2)NC2C=CC=CC21. The molecule has 2 aliphatic heterocycles. The van der Waals surface area contributed by atoms with Gasteiger partial charge in [-0.3, -0.25) is 15.2 Å². The molecule has 0 amide bonds. The molecule has 144 valence electrons. The normalized spacial score (nSPS) is 27.0. The van der Waals surface area contributed by atoms with Gasteiger partial charge in [0.2, 0.25) is 0 Å². The zero-order valence-corrected chi connectivity index (χ0v) is 17.2. The topological polar surface area (TPSA) is 39.1 Å². The average Bonchev–Trinajstić information content (AvgIpc) is 2.66. The fourth-order valence-corrected chi connectivity index (χ4v) is 4.85. The van der Waals surface area contributed by atoms with Gasteiger partial charge in [-0.2, -0.15) is 0 Å². The second-order valence-electron chi connectivity index (χ2n) is 8.48. The first kappa shape index (κ1) is 18.7. The molecule has 4 rings (SSSR count). The molecule has 0 bridgehead atoms. The van der Waals surface area contributed by atoms with Gasteiger partial charge in [0.1, 0.15) is 17.1 Å². The number of hydrogen-bond acceptors (Lipinski definition) is 3. The zero-order valence-electron chi connectivity index (χ0n) is 16.4. The highest BCUT2D eigenvalue weighted by Gasteiger charge is 2.51. The lowest BCUT2D eigenvalue weighted by Crippen LogP contribution is -2.73. The summed E-state index contributed by atoms with van der Waals surface area (Å²) in [6.45, 7) is 6.52. The van der Waals surface area contributed by atoms with Crippen LogP contribution in [0, 0.1) is 0 Å². The van der Waals surface area contributed by atoms with Crippen LogP contribution in [0.5, 0.6) is 0 Å². The summed E-state index contributed by atoms with van der Waals surface area (Å²) in [5.41, 5.74) is 0.933. The maximum absolute atomic E-state index is 6.27. The van der Waals surface area contributed by atoms with Crippen LogP contribution >= 0.6 is 11.6 Å². The molecule has 0 aromatic heterocycles. The van der Waals surface area contributed by atoms with E-state index in [1.807, 2.05) is 12.1 Å². The molecule has 27 heavy (non-hydrogen) atoms. The van der Waals surface area contributed by atoms with Gasteiger partial charge in [-0.1, -0.05) is 42.0 Å². The van der Waals surface area contributed by atoms with Crippen molar-refractivity contribution in [3.8, 4) is 0 Å². The van der Waals surface area contributed by atoms with E-state index in [0.29, 0.717) is 12.1 Å². The predicted octanol–water partition coefficient (Wildman–Crippen LogP) is 2.79. The molecule has 0 radical (unpaired) electrons. The number of fused-ring (bicyclic) bond motifs is 1. The standard InChI is InChI=1S/C22H29ClN4/c1-21(2,16-7-6-8-17(23)15-16)26-20-22(11-13-24-14-12-22)25-18-9-4-5-10-19(18)27(20)3/h4-10,15,18-19,24-25H,11-14H2,1-3H3/p+1. The Kier molecular flexibility index (Phi) is 4.91. The maximum atomic E-state index is 6.27. The molecular weight excluding hydrogens is 356 g/mol. The summed E-state index contributed by atoms with van der Waals surface area (Å²) in [5.74, 6) is 1.29. The van der Waals surface area contributed by atoms with Crippen LogP contribution in [-0.2, 0) is 5.54 Å². The number of rotatable bonds is 2. The fraction of sp³-hybridized carbons (Fsp3) is 0.500. The van der Waals surface area contributed by atoms with E-state index in [4.69, 9.17) is 11.6 Å². The predicted molar refractivity (Wildman–Crippen MR) is 113 cm³/mol. The second-order valence-corrected chi connectivity index (χ2v) is 8.92. The van der Waals surface area contributed by atoms with Gasteiger partial charge in [0, 0.05) is 10.6 Å². The lowest BCUT2D eigenvalue weighted by molar-refractivity contribution is -0.539. The molecule has 2 atom stereocenters. The quantitative estimate of drug-likeness (QED) is 0.685. The molecule has 1 aromatic carbocycles. The van der Waals surface area contributed by atoms with Crippen molar-refractivity contribution in [2.75, 3.05) is 20.1 Å². The summed E-state index contributed by atoms with van der Waals surface area (Å²) < 4.78 is 2.44. The van der Waals surface area contributed by atoms with Gasteiger partial charge < -0.3 is 5.32 Å². The van der Waals surface area contributed by atoms with Gasteiger partial charge in [-0.25, -0.2) is 0 Å². The zero-order chi connectivity index (χ0) is 19.1. The average molecular weight is 386 g/mol. The molecule has 1 spiro atoms. The van der Waals surface area contributed by atoms with E-state index in [2.05, 4.69) is 77.9 Å². The number of halogens is 1. The van der Waals surface area contributed by atoms with Gasteiger partial charge in [0.05, 0.1) is 13.1 Å². The first-order valence-corrected chi connectivity index (χ1v) is 10.3. The smallest absolute Gasteiger partial charge is 0.266 e. The highest BCUT2D eigenvalue weighted by molar-refractivity contribution is 6.30. The van der Waals surface area contributed by atoms with E-state index in [1.54, 1.807) is 0 Å². The number of piperidine rings is 1. The van der Waals surface area contributed by atoms with Crippen LogP contribution in [-0.4, -0.2) is 48.2 Å². The Labute approximate surface area is 167 Å². The van der Waals surface area contributed by atoms with Crippen LogP contribution in [0.2, 0.25) is 5.02 Å². The lowest BCUT2D eigenvalue weighted by Gasteiger charge is -2.47. The summed E-state index contributed by atoms with van der Waals surface area (Å²) in [7, 11) is 2.22. The minimum atomic E-state index is -0.227. The van der Waals surface area contributed by atoms with Gasteiger partial charge in [0.25, 0.3) is 5.84 Å². The van der Waals surface area contributed by atoms with Gasteiger partial charge in [0.15, 0.2) is 0 Å². The molecule has 1 aliphatic carbocycles. The molecule has 2 unspecified atom stereocenters. The number of amidine groups is 1. The van der Waals surface area contributed by atoms with Crippen LogP contribution < -0.4 is 16.0 Å². The van der Waals surface area contributed by atoms with Crippen molar-refractivity contribution in [1.82, 2.24) is 16.0 Å². The summed E-state index contributed by atoms with van der Waals surface area (Å²) in [6, 6.07) is 8.84. The molecule has 3 aliphatic rings. The number of nitrogens with zero attached hydrogens (tertiary/aromatic N) is 1. The van der Waals surface area contributed by atoms with Crippen molar-refractivity contribution in [2.45, 2.75) is 49.9 Å². The van der Waals surface area contributed by atoms with Crippen LogP contribution in [0.25, 0.3) is 0 Å². The van der Waals surface area contributed by atoms with E-state index in [-0.39, 0.29) is 11.1 Å². The van der Waals surface area contributed by atoms with Gasteiger partial charge >= 0.3 is 0 Å². The van der Waals surface area contributed by atoms with Gasteiger partial charge in [-0.05, 0) is 58.0 Å². The highest BCUT2D eigenvalue weighted by atomic mass is 35.5. The first-order valence-electron chi connectivity index (χ1n) is 9.89. The van der Waals surface area contributed by atoms with Crippen molar-refractivity contribution in [3.05, 3.63) is 59.2 Å². The third-order valence-electron chi connectivity index (χ3n) is 6.24. The number of nitrogens with one attached hydrogen (secondary N) is 3. The lowest BCUT2D eigenvalue weighted by atomic mass is 9.80. The molecule has 1 fully saturated rings. The molecule has 1 aromatic rings. The van der Waals surface area contributed by atoms with Crippen molar-refractivity contribution >= 4 is 17.4 Å². The number of allylic oxidation sites excluding steroid dienone is 2. The summed E-state index contributed by atoms with van der Waals surface area (Å²) in [4.78, 5) is 0. The first-order chi connectivity index (χ1) is 12.9. The Morgan fingerprint density at radius 2 is 1.93 bits per heavy atom. The second kappa shape index (κ2) is 7.08. The van der Waals surface area contributed by atoms with Crippen LogP contribution in [0.3, 0.4) is 0 Å². The fourth-order valence-electron chi connectivity index (χ4n) is 4.66. The third-order valence-corrected chi connectivity index (χ3v) is 6.47. The monoisotopic (exact) mass is 385 g/mol. The van der Waals surface area contributed by atoms with Crippen molar-refractivity contribution < 1.29 is 4.58 Å². The van der Waals surface area contributed by atoms with E-state index in [1.165, 1.54) is 11.4 Å². The molecule has 0 saturated carbocycles. The molecule has 3 N–H and O–H groups in total. The minimum Gasteiger partial charge on any atom is -0.317 e. The van der Waals surface area contributed by atoms with E-state index in [9.17, 15) is 0 Å². The third kappa shape index (κ3) is 3.46. The van der Waals surface area contributed by atoms with E-state index >= 15 is 0 Å². The molecule has 2 heterocycles. The number of benzene rings is 1. The van der Waals surface area contributed by atoms with Crippen molar-refractivity contribution in [3.63, 3.8) is 0 Å². The molecule has 1 saturated heterocycles. The molecule has 5 heteroatoms. The molecular formula is C22H30ClN4+. The van der Waals surface area contributed by atoms with Crippen molar-refractivity contribution in [2.24, 2.45) is 0 Å². The Hall–Kier alpha value is -1.62. The number of likely N-dealkylation sites (N-methyl/N-ethyl adjacent to an activating group) is 1. The molecule has 4 nitrogen and oxygen atoms in total. The Morgan fingerprint density at radius 3 is 2.67 bits per heavy atom. The summed E-state index contributed by atoms with van der Waals surface area (Å²) in [6.07, 6.45) is 11.0. The number of hydrogen-bond donors (Lipinski definition) is 3. The maximum Gasteiger partial charge on any atom is 0.266 e. The summed E-state index contributed by atoms with van der Waals surface area (Å²) in [5, 5.41) is 12.2. The summed E-state index contributed by atoms with van der Waals surface area (Å²) >= 11 is 6.27. The van der Waals surface area contributed by atoms with Crippen LogP contribution in [0.4, 0.5) is 0 Å². The van der Waals surface area contributed by atoms with E-state index in [0.717, 1.165) is 31.0 Å². The van der Waals surface area contributed by atoms with Crippen LogP contribution in [0.15, 0.2) is 48.6 Å². The van der Waals surface area contributed by atoms with E-state index < -0.39 is 0 Å². The Bertz CT molecular complexity index is 802. The highest BCUT2D eigenvalue weighted by Crippen LogP contribution is 2.30. The van der Waals surface area contributed by atoms with Crippen LogP contribution in [0.1, 0.15) is 32.3 Å². The largest absolute Gasteiger partial charge is 0.317 e. The van der Waals surface area contributed by atoms with Gasteiger partial charge in [-0.15, -0.1) is 0 Å². The van der Waals surface area contributed by atoms with Crippen molar-refractivity contribution in [1.29, 1.82) is 0 Å². The Balaban J connectivity index is 1.74.